The SMILES string of the molecule is CNC(=O)C1CNCCN1C(=O)C(C)C. The van der Waals surface area contributed by atoms with E-state index in [4.69, 9.17) is 0 Å². The van der Waals surface area contributed by atoms with E-state index in [0.717, 1.165) is 6.54 Å². The van der Waals surface area contributed by atoms with E-state index < -0.39 is 0 Å². The van der Waals surface area contributed by atoms with Crippen molar-refractivity contribution in [1.82, 2.24) is 15.5 Å². The van der Waals surface area contributed by atoms with Crippen molar-refractivity contribution in [2.24, 2.45) is 5.92 Å². The number of likely N-dealkylation sites (N-methyl/N-ethyl adjacent to an activating group) is 1. The van der Waals surface area contributed by atoms with Gasteiger partial charge >= 0.3 is 0 Å². The minimum Gasteiger partial charge on any atom is -0.357 e. The van der Waals surface area contributed by atoms with Crippen LogP contribution in [0.1, 0.15) is 13.8 Å². The van der Waals surface area contributed by atoms with E-state index in [1.807, 2.05) is 13.8 Å². The predicted molar refractivity (Wildman–Crippen MR) is 57.3 cm³/mol. The Morgan fingerprint density at radius 1 is 1.47 bits per heavy atom. The number of nitrogens with one attached hydrogen (secondary N) is 2. The first-order valence-electron chi connectivity index (χ1n) is 5.30. The summed E-state index contributed by atoms with van der Waals surface area (Å²) in [6.45, 7) is 5.61. The van der Waals surface area contributed by atoms with Crippen molar-refractivity contribution in [2.45, 2.75) is 19.9 Å². The third kappa shape index (κ3) is 2.68. The lowest BCUT2D eigenvalue weighted by atomic mass is 10.1. The Morgan fingerprint density at radius 3 is 2.67 bits per heavy atom. The summed E-state index contributed by atoms with van der Waals surface area (Å²) in [5, 5.41) is 5.70. The van der Waals surface area contributed by atoms with Gasteiger partial charge in [-0.15, -0.1) is 0 Å². The quantitative estimate of drug-likeness (QED) is 0.630. The molecule has 0 aromatic heterocycles. The molecule has 2 N–H and O–H groups in total. The summed E-state index contributed by atoms with van der Waals surface area (Å²) in [7, 11) is 1.59. The molecule has 1 atom stereocenters. The van der Waals surface area contributed by atoms with Gasteiger partial charge in [0.15, 0.2) is 0 Å². The van der Waals surface area contributed by atoms with Crippen molar-refractivity contribution < 1.29 is 9.59 Å². The summed E-state index contributed by atoms with van der Waals surface area (Å²) >= 11 is 0. The Labute approximate surface area is 90.2 Å². The van der Waals surface area contributed by atoms with Crippen LogP contribution in [-0.4, -0.2) is 49.4 Å². The Hall–Kier alpha value is -1.10. The van der Waals surface area contributed by atoms with Crippen LogP contribution in [-0.2, 0) is 9.59 Å². The Balaban J connectivity index is 2.73. The smallest absolute Gasteiger partial charge is 0.243 e. The van der Waals surface area contributed by atoms with E-state index in [-0.39, 0.29) is 23.8 Å². The Morgan fingerprint density at radius 2 is 2.13 bits per heavy atom. The minimum absolute atomic E-state index is 0.0464. The van der Waals surface area contributed by atoms with Gasteiger partial charge in [-0.3, -0.25) is 9.59 Å². The molecule has 0 bridgehead atoms. The van der Waals surface area contributed by atoms with Gasteiger partial charge in [-0.1, -0.05) is 13.8 Å². The molecule has 1 aliphatic rings. The topological polar surface area (TPSA) is 61.4 Å². The van der Waals surface area contributed by atoms with Crippen LogP contribution < -0.4 is 10.6 Å². The number of rotatable bonds is 2. The lowest BCUT2D eigenvalue weighted by molar-refractivity contribution is -0.143. The summed E-state index contributed by atoms with van der Waals surface area (Å²) < 4.78 is 0. The van der Waals surface area contributed by atoms with Crippen LogP contribution in [0.25, 0.3) is 0 Å². The maximum absolute atomic E-state index is 11.8. The van der Waals surface area contributed by atoms with Crippen LogP contribution in [0.15, 0.2) is 0 Å². The zero-order valence-electron chi connectivity index (χ0n) is 9.54. The van der Waals surface area contributed by atoms with Gasteiger partial charge in [0.05, 0.1) is 0 Å². The van der Waals surface area contributed by atoms with Crippen molar-refractivity contribution in [2.75, 3.05) is 26.7 Å². The summed E-state index contributed by atoms with van der Waals surface area (Å²) in [5.74, 6) is -0.114. The second kappa shape index (κ2) is 5.11. The maximum atomic E-state index is 11.8. The molecule has 0 spiro atoms. The monoisotopic (exact) mass is 213 g/mol. The molecule has 1 rings (SSSR count). The van der Waals surface area contributed by atoms with Gasteiger partial charge in [-0.25, -0.2) is 0 Å². The molecule has 1 aliphatic heterocycles. The third-order valence-corrected chi connectivity index (χ3v) is 2.57. The normalized spacial score (nSPS) is 21.6. The molecule has 0 radical (unpaired) electrons. The molecular formula is C10H19N3O2. The first-order valence-corrected chi connectivity index (χ1v) is 5.30. The standard InChI is InChI=1S/C10H19N3O2/c1-7(2)10(15)13-5-4-12-6-8(13)9(14)11-3/h7-8,12H,4-6H2,1-3H3,(H,11,14). The number of hydrogen-bond acceptors (Lipinski definition) is 3. The number of carbonyl (C=O) groups excluding carboxylic acids is 2. The zero-order valence-corrected chi connectivity index (χ0v) is 9.54. The summed E-state index contributed by atoms with van der Waals surface area (Å²) in [4.78, 5) is 25.1. The summed E-state index contributed by atoms with van der Waals surface area (Å²) in [5.41, 5.74) is 0. The molecule has 2 amide bonds. The van der Waals surface area contributed by atoms with Gasteiger partial charge in [0.25, 0.3) is 0 Å². The minimum atomic E-state index is -0.362. The first-order chi connectivity index (χ1) is 7.07. The Bertz CT molecular complexity index is 253. The van der Waals surface area contributed by atoms with E-state index >= 15 is 0 Å². The average Bonchev–Trinajstić information content (AvgIpc) is 2.27. The van der Waals surface area contributed by atoms with Crippen LogP contribution in [0, 0.1) is 5.92 Å². The van der Waals surface area contributed by atoms with E-state index in [2.05, 4.69) is 10.6 Å². The van der Waals surface area contributed by atoms with Crippen molar-refractivity contribution in [1.29, 1.82) is 0 Å². The second-order valence-corrected chi connectivity index (χ2v) is 4.02. The zero-order chi connectivity index (χ0) is 11.4. The number of amides is 2. The highest BCUT2D eigenvalue weighted by Crippen LogP contribution is 2.09. The summed E-state index contributed by atoms with van der Waals surface area (Å²) in [6.07, 6.45) is 0. The Kier molecular flexibility index (Phi) is 4.08. The highest BCUT2D eigenvalue weighted by molar-refractivity contribution is 5.88. The largest absolute Gasteiger partial charge is 0.357 e. The van der Waals surface area contributed by atoms with Crippen LogP contribution in [0.4, 0.5) is 0 Å². The second-order valence-electron chi connectivity index (χ2n) is 4.02. The van der Waals surface area contributed by atoms with E-state index in [1.54, 1.807) is 11.9 Å². The molecular weight excluding hydrogens is 194 g/mol. The number of hydrogen-bond donors (Lipinski definition) is 2. The van der Waals surface area contributed by atoms with Crippen LogP contribution in [0.3, 0.4) is 0 Å². The number of nitrogens with zero attached hydrogens (tertiary/aromatic N) is 1. The van der Waals surface area contributed by atoms with Crippen molar-refractivity contribution in [3.63, 3.8) is 0 Å². The predicted octanol–water partition coefficient (Wildman–Crippen LogP) is -0.811. The van der Waals surface area contributed by atoms with E-state index in [0.29, 0.717) is 13.1 Å². The van der Waals surface area contributed by atoms with Crippen LogP contribution in [0.2, 0.25) is 0 Å². The average molecular weight is 213 g/mol. The van der Waals surface area contributed by atoms with Crippen molar-refractivity contribution in [3.8, 4) is 0 Å². The fourth-order valence-corrected chi connectivity index (χ4v) is 1.70. The van der Waals surface area contributed by atoms with E-state index in [9.17, 15) is 9.59 Å². The third-order valence-electron chi connectivity index (χ3n) is 2.57. The summed E-state index contributed by atoms with van der Waals surface area (Å²) in [6, 6.07) is -0.362. The molecule has 0 aromatic rings. The first kappa shape index (κ1) is 12.0. The highest BCUT2D eigenvalue weighted by atomic mass is 16.2. The number of carbonyl (C=O) groups is 2. The molecule has 1 saturated heterocycles. The molecule has 0 aliphatic carbocycles. The molecule has 86 valence electrons. The van der Waals surface area contributed by atoms with Gasteiger partial charge in [-0.2, -0.15) is 0 Å². The fourth-order valence-electron chi connectivity index (χ4n) is 1.70. The van der Waals surface area contributed by atoms with Gasteiger partial charge in [0.2, 0.25) is 11.8 Å². The van der Waals surface area contributed by atoms with Crippen LogP contribution in [0.5, 0.6) is 0 Å². The lowest BCUT2D eigenvalue weighted by Crippen LogP contribution is -2.59. The molecule has 1 fully saturated rings. The molecule has 0 aromatic carbocycles. The number of piperazine rings is 1. The van der Waals surface area contributed by atoms with Gasteiger partial charge in [-0.05, 0) is 0 Å². The van der Waals surface area contributed by atoms with Crippen LogP contribution >= 0.6 is 0 Å². The van der Waals surface area contributed by atoms with Gasteiger partial charge in [0, 0.05) is 32.6 Å². The maximum Gasteiger partial charge on any atom is 0.243 e. The lowest BCUT2D eigenvalue weighted by Gasteiger charge is -2.35. The van der Waals surface area contributed by atoms with Gasteiger partial charge in [0.1, 0.15) is 6.04 Å². The molecule has 15 heavy (non-hydrogen) atoms. The molecule has 5 heteroatoms. The van der Waals surface area contributed by atoms with Crippen molar-refractivity contribution in [3.05, 3.63) is 0 Å². The highest BCUT2D eigenvalue weighted by Gasteiger charge is 2.32. The molecule has 0 saturated carbocycles. The van der Waals surface area contributed by atoms with Gasteiger partial charge < -0.3 is 15.5 Å². The van der Waals surface area contributed by atoms with E-state index in [1.165, 1.54) is 0 Å². The molecule has 1 heterocycles. The van der Waals surface area contributed by atoms with Crippen molar-refractivity contribution >= 4 is 11.8 Å². The fraction of sp³-hybridized carbons (Fsp3) is 0.800. The molecule has 5 nitrogen and oxygen atoms in total. The molecule has 1 unspecified atom stereocenters.